The summed E-state index contributed by atoms with van der Waals surface area (Å²) in [5.41, 5.74) is 1.82. The molecule has 0 bridgehead atoms. The molecule has 0 N–H and O–H groups in total. The minimum atomic E-state index is -0.736. The summed E-state index contributed by atoms with van der Waals surface area (Å²) in [5, 5.41) is 14.0. The Morgan fingerprint density at radius 3 is 2.69 bits per heavy atom. The molecule has 36 heavy (non-hydrogen) atoms. The fraction of sp³-hybridized carbons (Fsp3) is 0.480. The molecule has 1 amide bonds. The number of nitrogens with zero attached hydrogens (tertiary/aromatic N) is 5. The summed E-state index contributed by atoms with van der Waals surface area (Å²) in [6.07, 6.45) is 4.52. The lowest BCUT2D eigenvalue weighted by atomic mass is 9.99. The average Bonchev–Trinajstić information content (AvgIpc) is 3.47. The molecular weight excluding hydrogens is 466 g/mol. The SMILES string of the molecule is CCOC(=O)c1oc2cc(C#N)c(-c3cnn(C)c3)nc2c1N(C(=O)OCC)[C@H]1CCO[C@@H](CC)C1. The van der Waals surface area contributed by atoms with E-state index in [2.05, 4.69) is 11.2 Å². The molecule has 0 aromatic carbocycles. The van der Waals surface area contributed by atoms with Crippen LogP contribution in [0.1, 0.15) is 56.2 Å². The number of nitriles is 1. The summed E-state index contributed by atoms with van der Waals surface area (Å²) in [4.78, 5) is 32.6. The van der Waals surface area contributed by atoms with Crippen molar-refractivity contribution >= 4 is 28.8 Å². The van der Waals surface area contributed by atoms with E-state index in [0.717, 1.165) is 6.42 Å². The van der Waals surface area contributed by atoms with E-state index in [1.807, 2.05) is 6.92 Å². The summed E-state index contributed by atoms with van der Waals surface area (Å²) < 4.78 is 24.0. The number of ether oxygens (including phenoxy) is 3. The molecule has 0 spiro atoms. The highest BCUT2D eigenvalue weighted by atomic mass is 16.6. The predicted octanol–water partition coefficient (Wildman–Crippen LogP) is 4.20. The lowest BCUT2D eigenvalue weighted by molar-refractivity contribution is 0.00465. The number of esters is 1. The summed E-state index contributed by atoms with van der Waals surface area (Å²) in [6, 6.07) is 3.32. The lowest BCUT2D eigenvalue weighted by Crippen LogP contribution is -2.46. The van der Waals surface area contributed by atoms with Gasteiger partial charge in [0.1, 0.15) is 17.3 Å². The first-order chi connectivity index (χ1) is 17.4. The maximum absolute atomic E-state index is 13.4. The molecule has 11 nitrogen and oxygen atoms in total. The van der Waals surface area contributed by atoms with E-state index < -0.39 is 12.1 Å². The molecule has 1 aliphatic heterocycles. The number of fused-ring (bicyclic) bond motifs is 1. The molecule has 1 saturated heterocycles. The molecule has 2 atom stereocenters. The zero-order valence-corrected chi connectivity index (χ0v) is 20.8. The van der Waals surface area contributed by atoms with Gasteiger partial charge in [-0.05, 0) is 33.1 Å². The van der Waals surface area contributed by atoms with Crippen LogP contribution in [-0.4, -0.2) is 58.8 Å². The van der Waals surface area contributed by atoms with Gasteiger partial charge >= 0.3 is 12.1 Å². The third-order valence-electron chi connectivity index (χ3n) is 6.06. The van der Waals surface area contributed by atoms with E-state index in [4.69, 9.17) is 23.6 Å². The molecule has 1 aliphatic rings. The van der Waals surface area contributed by atoms with Gasteiger partial charge in [0.25, 0.3) is 0 Å². The second kappa shape index (κ2) is 10.8. The first kappa shape index (κ1) is 25.2. The summed E-state index contributed by atoms with van der Waals surface area (Å²) in [7, 11) is 1.76. The van der Waals surface area contributed by atoms with Gasteiger partial charge in [-0.1, -0.05) is 6.92 Å². The van der Waals surface area contributed by atoms with E-state index in [1.165, 1.54) is 11.0 Å². The highest BCUT2D eigenvalue weighted by molar-refractivity contribution is 6.09. The third kappa shape index (κ3) is 4.77. The number of pyridine rings is 1. The lowest BCUT2D eigenvalue weighted by Gasteiger charge is -2.36. The normalized spacial score (nSPS) is 17.5. The number of aromatic nitrogens is 3. The van der Waals surface area contributed by atoms with E-state index >= 15 is 0 Å². The van der Waals surface area contributed by atoms with Gasteiger partial charge in [0.2, 0.25) is 5.76 Å². The smallest absolute Gasteiger partial charge is 0.414 e. The van der Waals surface area contributed by atoms with Gasteiger partial charge < -0.3 is 18.6 Å². The van der Waals surface area contributed by atoms with Crippen molar-refractivity contribution in [3.63, 3.8) is 0 Å². The Balaban J connectivity index is 1.98. The molecule has 1 fully saturated rings. The standard InChI is InChI=1S/C25H29N5O6/c1-5-18-11-17(8-9-35-18)30(25(32)34-7-3)22-21-19(36-23(22)24(31)33-6-2)10-15(12-26)20(28-21)16-13-27-29(4)14-16/h10,13-14,17-18H,5-9,11H2,1-4H3/t17-,18-/m0/s1. The van der Waals surface area contributed by atoms with Crippen molar-refractivity contribution < 1.29 is 28.2 Å². The highest BCUT2D eigenvalue weighted by Crippen LogP contribution is 2.39. The van der Waals surface area contributed by atoms with Crippen LogP contribution in [0.5, 0.6) is 0 Å². The van der Waals surface area contributed by atoms with Crippen LogP contribution in [0.3, 0.4) is 0 Å². The average molecular weight is 496 g/mol. The van der Waals surface area contributed by atoms with Gasteiger partial charge in [0.15, 0.2) is 5.58 Å². The van der Waals surface area contributed by atoms with E-state index in [-0.39, 0.29) is 53.5 Å². The molecule has 0 aliphatic carbocycles. The highest BCUT2D eigenvalue weighted by Gasteiger charge is 2.38. The number of carbonyl (C=O) groups excluding carboxylic acids is 2. The van der Waals surface area contributed by atoms with Crippen molar-refractivity contribution in [1.82, 2.24) is 14.8 Å². The van der Waals surface area contributed by atoms with Crippen molar-refractivity contribution in [3.05, 3.63) is 29.8 Å². The Morgan fingerprint density at radius 1 is 1.28 bits per heavy atom. The van der Waals surface area contributed by atoms with Crippen LogP contribution in [-0.2, 0) is 21.3 Å². The number of amides is 1. The molecule has 4 rings (SSSR count). The molecule has 0 radical (unpaired) electrons. The minimum Gasteiger partial charge on any atom is -0.460 e. The quantitative estimate of drug-likeness (QED) is 0.442. The first-order valence-electron chi connectivity index (χ1n) is 12.0. The van der Waals surface area contributed by atoms with Crippen LogP contribution in [0.15, 0.2) is 22.9 Å². The van der Waals surface area contributed by atoms with Crippen molar-refractivity contribution in [3.8, 4) is 17.3 Å². The largest absolute Gasteiger partial charge is 0.460 e. The van der Waals surface area contributed by atoms with E-state index in [0.29, 0.717) is 30.7 Å². The molecule has 190 valence electrons. The maximum atomic E-state index is 13.4. The van der Waals surface area contributed by atoms with Gasteiger partial charge in [-0.15, -0.1) is 0 Å². The zero-order chi connectivity index (χ0) is 25.8. The number of carbonyl (C=O) groups is 2. The maximum Gasteiger partial charge on any atom is 0.414 e. The number of anilines is 1. The molecule has 11 heteroatoms. The van der Waals surface area contributed by atoms with Gasteiger partial charge in [0, 0.05) is 37.5 Å². The van der Waals surface area contributed by atoms with Crippen LogP contribution >= 0.6 is 0 Å². The Hall–Kier alpha value is -3.91. The van der Waals surface area contributed by atoms with Gasteiger partial charge in [0.05, 0.1) is 36.8 Å². The van der Waals surface area contributed by atoms with Crippen LogP contribution < -0.4 is 4.90 Å². The van der Waals surface area contributed by atoms with Gasteiger partial charge in [-0.25, -0.2) is 14.6 Å². The van der Waals surface area contributed by atoms with Gasteiger partial charge in [-0.2, -0.15) is 10.4 Å². The topological polar surface area (TPSA) is 133 Å². The molecule has 0 unspecified atom stereocenters. The molecule has 4 heterocycles. The van der Waals surface area contributed by atoms with Crippen LogP contribution in [0.25, 0.3) is 22.4 Å². The van der Waals surface area contributed by atoms with E-state index in [1.54, 1.807) is 38.0 Å². The third-order valence-corrected chi connectivity index (χ3v) is 6.06. The fourth-order valence-corrected chi connectivity index (χ4v) is 4.41. The fourth-order valence-electron chi connectivity index (χ4n) is 4.41. The van der Waals surface area contributed by atoms with Crippen molar-refractivity contribution in [2.24, 2.45) is 7.05 Å². The second-order valence-corrected chi connectivity index (χ2v) is 8.39. The van der Waals surface area contributed by atoms with Crippen LogP contribution in [0, 0.1) is 11.3 Å². The second-order valence-electron chi connectivity index (χ2n) is 8.39. The molecule has 3 aromatic rings. The number of hydrogen-bond acceptors (Lipinski definition) is 9. The Bertz CT molecular complexity index is 1310. The van der Waals surface area contributed by atoms with Crippen molar-refractivity contribution in [1.29, 1.82) is 5.26 Å². The first-order valence-corrected chi connectivity index (χ1v) is 12.0. The summed E-state index contributed by atoms with van der Waals surface area (Å²) in [6.45, 7) is 6.13. The monoisotopic (exact) mass is 495 g/mol. The molecule has 3 aromatic heterocycles. The van der Waals surface area contributed by atoms with Crippen molar-refractivity contribution in [2.45, 2.75) is 52.2 Å². The minimum absolute atomic E-state index is 0.0472. The number of furan rings is 1. The molecule has 0 saturated carbocycles. The summed E-state index contributed by atoms with van der Waals surface area (Å²) >= 11 is 0. The summed E-state index contributed by atoms with van der Waals surface area (Å²) in [5.74, 6) is -0.903. The van der Waals surface area contributed by atoms with Crippen molar-refractivity contribution in [2.75, 3.05) is 24.7 Å². The zero-order valence-electron chi connectivity index (χ0n) is 20.8. The number of aryl methyl sites for hydroxylation is 1. The van der Waals surface area contributed by atoms with Gasteiger partial charge in [-0.3, -0.25) is 9.58 Å². The Kier molecular flexibility index (Phi) is 7.55. The Morgan fingerprint density at radius 2 is 2.06 bits per heavy atom. The Labute approximate surface area is 208 Å². The predicted molar refractivity (Wildman–Crippen MR) is 129 cm³/mol. The number of rotatable bonds is 7. The number of hydrogen-bond donors (Lipinski definition) is 0. The molecular formula is C25H29N5O6. The van der Waals surface area contributed by atoms with Crippen LogP contribution in [0.4, 0.5) is 10.5 Å². The van der Waals surface area contributed by atoms with Crippen LogP contribution in [0.2, 0.25) is 0 Å². The van der Waals surface area contributed by atoms with E-state index in [9.17, 15) is 14.9 Å².